The number of rotatable bonds is 6. The molecule has 1 atom stereocenters. The second-order valence-electron chi connectivity index (χ2n) is 4.58. The van der Waals surface area contributed by atoms with Crippen LogP contribution in [-0.4, -0.2) is 33.2 Å². The molecule has 0 aliphatic heterocycles. The maximum atomic E-state index is 11.9. The van der Waals surface area contributed by atoms with E-state index in [0.29, 0.717) is 23.0 Å². The Hall–Kier alpha value is -2.90. The zero-order valence-electron chi connectivity index (χ0n) is 12.1. The first-order chi connectivity index (χ1) is 10.5. The minimum Gasteiger partial charge on any atom is -0.485 e. The molecule has 8 heteroatoms. The lowest BCUT2D eigenvalue weighted by molar-refractivity contribution is -0.138. The third-order valence-corrected chi connectivity index (χ3v) is 2.75. The smallest absolute Gasteiger partial charge is 0.325 e. The van der Waals surface area contributed by atoms with E-state index in [2.05, 4.69) is 15.5 Å². The van der Waals surface area contributed by atoms with E-state index in [1.54, 1.807) is 25.1 Å². The Labute approximate surface area is 126 Å². The lowest BCUT2D eigenvalue weighted by Gasteiger charge is -2.10. The number of ether oxygens (including phenoxy) is 1. The van der Waals surface area contributed by atoms with Crippen LogP contribution < -0.4 is 10.1 Å². The first-order valence-electron chi connectivity index (χ1n) is 6.51. The number of amides is 1. The van der Waals surface area contributed by atoms with E-state index in [9.17, 15) is 9.59 Å². The lowest BCUT2D eigenvalue weighted by Crippen LogP contribution is -2.38. The van der Waals surface area contributed by atoms with Crippen LogP contribution in [0.25, 0.3) is 0 Å². The largest absolute Gasteiger partial charge is 0.485 e. The van der Waals surface area contributed by atoms with Crippen LogP contribution in [0.4, 0.5) is 0 Å². The molecule has 0 saturated heterocycles. The Balaban J connectivity index is 2.00. The van der Waals surface area contributed by atoms with Gasteiger partial charge in [-0.1, -0.05) is 11.2 Å². The van der Waals surface area contributed by atoms with Crippen molar-refractivity contribution in [2.75, 3.05) is 0 Å². The van der Waals surface area contributed by atoms with Crippen molar-refractivity contribution >= 4 is 11.9 Å². The molecule has 0 spiro atoms. The normalized spacial score (nSPS) is 11.7. The van der Waals surface area contributed by atoms with Crippen LogP contribution in [0, 0.1) is 6.92 Å². The van der Waals surface area contributed by atoms with Crippen molar-refractivity contribution < 1.29 is 24.0 Å². The molecule has 8 nitrogen and oxygen atoms in total. The Morgan fingerprint density at radius 3 is 2.86 bits per heavy atom. The van der Waals surface area contributed by atoms with Crippen LogP contribution in [0.5, 0.6) is 5.75 Å². The van der Waals surface area contributed by atoms with Gasteiger partial charge in [-0.2, -0.15) is 4.98 Å². The van der Waals surface area contributed by atoms with E-state index in [1.807, 2.05) is 0 Å². The summed E-state index contributed by atoms with van der Waals surface area (Å²) in [5, 5.41) is 14.8. The summed E-state index contributed by atoms with van der Waals surface area (Å²) in [5.41, 5.74) is 0.301. The summed E-state index contributed by atoms with van der Waals surface area (Å²) in [5.74, 6) is -0.316. The highest BCUT2D eigenvalue weighted by Gasteiger charge is 2.15. The van der Waals surface area contributed by atoms with E-state index in [-0.39, 0.29) is 6.61 Å². The summed E-state index contributed by atoms with van der Waals surface area (Å²) in [7, 11) is 0. The van der Waals surface area contributed by atoms with Gasteiger partial charge in [0.1, 0.15) is 11.8 Å². The van der Waals surface area contributed by atoms with E-state index in [0.717, 1.165) is 0 Å². The van der Waals surface area contributed by atoms with Crippen molar-refractivity contribution in [1.29, 1.82) is 0 Å². The summed E-state index contributed by atoms with van der Waals surface area (Å²) >= 11 is 0. The molecule has 0 radical (unpaired) electrons. The van der Waals surface area contributed by atoms with Crippen LogP contribution in [-0.2, 0) is 11.4 Å². The molecular weight excluding hydrogens is 290 g/mol. The average Bonchev–Trinajstić information content (AvgIpc) is 2.91. The highest BCUT2D eigenvalue weighted by molar-refractivity contribution is 5.96. The molecule has 0 fully saturated rings. The maximum Gasteiger partial charge on any atom is 0.325 e. The number of benzene rings is 1. The van der Waals surface area contributed by atoms with Gasteiger partial charge in [-0.15, -0.1) is 0 Å². The molecule has 0 aliphatic carbocycles. The number of carboxylic acids is 1. The molecule has 0 unspecified atom stereocenters. The number of carbonyl (C=O) groups excluding carboxylic acids is 1. The van der Waals surface area contributed by atoms with Gasteiger partial charge in [0, 0.05) is 12.5 Å². The molecule has 1 aromatic heterocycles. The van der Waals surface area contributed by atoms with Crippen molar-refractivity contribution in [3.05, 3.63) is 41.5 Å². The highest BCUT2D eigenvalue weighted by Crippen LogP contribution is 2.14. The van der Waals surface area contributed by atoms with Gasteiger partial charge in [0.15, 0.2) is 6.61 Å². The summed E-state index contributed by atoms with van der Waals surface area (Å²) in [6, 6.07) is 5.41. The fourth-order valence-electron chi connectivity index (χ4n) is 1.62. The Kier molecular flexibility index (Phi) is 4.72. The van der Waals surface area contributed by atoms with Gasteiger partial charge in [-0.05, 0) is 25.1 Å². The van der Waals surface area contributed by atoms with Gasteiger partial charge in [-0.3, -0.25) is 9.59 Å². The lowest BCUT2D eigenvalue weighted by atomic mass is 10.2. The van der Waals surface area contributed by atoms with Gasteiger partial charge >= 0.3 is 5.97 Å². The van der Waals surface area contributed by atoms with Crippen LogP contribution in [0.15, 0.2) is 28.8 Å². The first kappa shape index (κ1) is 15.5. The van der Waals surface area contributed by atoms with E-state index in [4.69, 9.17) is 14.4 Å². The zero-order valence-corrected chi connectivity index (χ0v) is 12.1. The Bertz CT molecular complexity index is 683. The number of nitrogens with one attached hydrogen (secondary N) is 1. The number of aromatic nitrogens is 2. The summed E-state index contributed by atoms with van der Waals surface area (Å²) < 4.78 is 10.3. The van der Waals surface area contributed by atoms with Crippen molar-refractivity contribution in [3.8, 4) is 5.75 Å². The van der Waals surface area contributed by atoms with Crippen LogP contribution in [0.3, 0.4) is 0 Å². The van der Waals surface area contributed by atoms with Gasteiger partial charge < -0.3 is 19.7 Å². The molecule has 2 N–H and O–H groups in total. The summed E-state index contributed by atoms with van der Waals surface area (Å²) in [6.45, 7) is 3.16. The summed E-state index contributed by atoms with van der Waals surface area (Å²) in [4.78, 5) is 26.6. The number of carboxylic acid groups (broad SMARTS) is 1. The molecule has 1 amide bonds. The number of aliphatic carboxylic acids is 1. The predicted molar refractivity (Wildman–Crippen MR) is 74.4 cm³/mol. The molecule has 116 valence electrons. The molecule has 0 aliphatic rings. The minimum absolute atomic E-state index is 0.105. The fraction of sp³-hybridized carbons (Fsp3) is 0.286. The SMILES string of the molecule is Cc1nc(COc2cccc(C(=O)N[C@@H](C)C(=O)O)c2)no1. The summed E-state index contributed by atoms with van der Waals surface area (Å²) in [6.07, 6.45) is 0. The topological polar surface area (TPSA) is 115 Å². The van der Waals surface area contributed by atoms with E-state index in [1.165, 1.54) is 13.0 Å². The third-order valence-electron chi connectivity index (χ3n) is 2.75. The van der Waals surface area contributed by atoms with Crippen molar-refractivity contribution in [3.63, 3.8) is 0 Å². The highest BCUT2D eigenvalue weighted by atomic mass is 16.5. The minimum atomic E-state index is -1.10. The number of aryl methyl sites for hydroxylation is 1. The van der Waals surface area contributed by atoms with Gasteiger partial charge in [-0.25, -0.2) is 0 Å². The number of carbonyl (C=O) groups is 2. The van der Waals surface area contributed by atoms with Gasteiger partial charge in [0.2, 0.25) is 11.7 Å². The third kappa shape index (κ3) is 4.05. The number of hydrogen-bond donors (Lipinski definition) is 2. The monoisotopic (exact) mass is 305 g/mol. The molecule has 2 aromatic rings. The van der Waals surface area contributed by atoms with Crippen molar-refractivity contribution in [1.82, 2.24) is 15.5 Å². The average molecular weight is 305 g/mol. The van der Waals surface area contributed by atoms with Crippen LogP contribution >= 0.6 is 0 Å². The molecule has 1 aromatic carbocycles. The van der Waals surface area contributed by atoms with Crippen LogP contribution in [0.2, 0.25) is 0 Å². The van der Waals surface area contributed by atoms with E-state index >= 15 is 0 Å². The molecule has 1 heterocycles. The fourth-order valence-corrected chi connectivity index (χ4v) is 1.62. The maximum absolute atomic E-state index is 11.9. The molecule has 0 bridgehead atoms. The van der Waals surface area contributed by atoms with E-state index < -0.39 is 17.9 Å². The molecule has 0 saturated carbocycles. The Morgan fingerprint density at radius 2 is 2.23 bits per heavy atom. The first-order valence-corrected chi connectivity index (χ1v) is 6.51. The van der Waals surface area contributed by atoms with Crippen molar-refractivity contribution in [2.45, 2.75) is 26.5 Å². The molecular formula is C14H15N3O5. The Morgan fingerprint density at radius 1 is 1.45 bits per heavy atom. The second kappa shape index (κ2) is 6.70. The van der Waals surface area contributed by atoms with Gasteiger partial charge in [0.25, 0.3) is 5.91 Å². The van der Waals surface area contributed by atoms with Crippen LogP contribution in [0.1, 0.15) is 29.0 Å². The molecule has 2 rings (SSSR count). The number of nitrogens with zero attached hydrogens (tertiary/aromatic N) is 2. The second-order valence-corrected chi connectivity index (χ2v) is 4.58. The standard InChI is InChI=1S/C14H15N3O5/c1-8(14(19)20)15-13(18)10-4-3-5-11(6-10)21-7-12-16-9(2)22-17-12/h3-6,8H,7H2,1-2H3,(H,15,18)(H,19,20)/t8-/m0/s1. The van der Waals surface area contributed by atoms with Gasteiger partial charge in [0.05, 0.1) is 0 Å². The predicted octanol–water partition coefficient (Wildman–Crippen LogP) is 1.16. The van der Waals surface area contributed by atoms with Crippen molar-refractivity contribution in [2.24, 2.45) is 0 Å². The quantitative estimate of drug-likeness (QED) is 0.822. The number of hydrogen-bond acceptors (Lipinski definition) is 6. The molecule has 22 heavy (non-hydrogen) atoms. The zero-order chi connectivity index (χ0) is 16.1.